The van der Waals surface area contributed by atoms with Crippen molar-refractivity contribution in [2.45, 2.75) is 18.8 Å². The van der Waals surface area contributed by atoms with Crippen molar-refractivity contribution >= 4 is 6.29 Å². The van der Waals surface area contributed by atoms with Crippen molar-refractivity contribution in [3.8, 4) is 0 Å². The van der Waals surface area contributed by atoms with Gasteiger partial charge in [0.25, 0.3) is 0 Å². The second-order valence-corrected chi connectivity index (χ2v) is 2.94. The van der Waals surface area contributed by atoms with E-state index in [4.69, 9.17) is 0 Å². The summed E-state index contributed by atoms with van der Waals surface area (Å²) in [5, 5.41) is 0. The molecule has 56 valence electrons. The molecule has 0 radical (unpaired) electrons. The summed E-state index contributed by atoms with van der Waals surface area (Å²) >= 11 is 0. The number of hydrogen-bond donors (Lipinski definition) is 0. The summed E-state index contributed by atoms with van der Waals surface area (Å²) in [6.07, 6.45) is 6.80. The lowest BCUT2D eigenvalue weighted by Crippen LogP contribution is -1.86. The van der Waals surface area contributed by atoms with E-state index in [1.165, 1.54) is 18.4 Å². The number of carbonyl (C=O) groups excluding carboxylic acids is 1. The molecule has 1 heterocycles. The van der Waals surface area contributed by atoms with E-state index in [1.807, 2.05) is 12.3 Å². The Morgan fingerprint density at radius 1 is 1.45 bits per heavy atom. The van der Waals surface area contributed by atoms with Crippen molar-refractivity contribution in [3.05, 3.63) is 29.6 Å². The highest BCUT2D eigenvalue weighted by atomic mass is 16.1. The van der Waals surface area contributed by atoms with Gasteiger partial charge in [-0.3, -0.25) is 9.78 Å². The molecule has 2 heteroatoms. The molecule has 0 N–H and O–H groups in total. The quantitative estimate of drug-likeness (QED) is 0.597. The third kappa shape index (κ3) is 1.29. The van der Waals surface area contributed by atoms with Crippen LogP contribution in [0.1, 0.15) is 34.7 Å². The topological polar surface area (TPSA) is 30.0 Å². The van der Waals surface area contributed by atoms with Gasteiger partial charge in [0, 0.05) is 18.0 Å². The van der Waals surface area contributed by atoms with Crippen LogP contribution in [-0.2, 0) is 0 Å². The van der Waals surface area contributed by atoms with Crippen molar-refractivity contribution < 1.29 is 4.79 Å². The predicted octanol–water partition coefficient (Wildman–Crippen LogP) is 1.77. The summed E-state index contributed by atoms with van der Waals surface area (Å²) in [6, 6.07) is 1.93. The fourth-order valence-corrected chi connectivity index (χ4v) is 1.18. The van der Waals surface area contributed by atoms with Gasteiger partial charge in [-0.15, -0.1) is 0 Å². The van der Waals surface area contributed by atoms with Gasteiger partial charge in [-0.2, -0.15) is 0 Å². The van der Waals surface area contributed by atoms with Crippen LogP contribution in [0.4, 0.5) is 0 Å². The number of aromatic nitrogens is 1. The Balaban J connectivity index is 2.33. The summed E-state index contributed by atoms with van der Waals surface area (Å²) in [7, 11) is 0. The molecule has 1 aromatic heterocycles. The SMILES string of the molecule is O=Cc1cncc(C2CC2)c1. The summed E-state index contributed by atoms with van der Waals surface area (Å²) in [6.45, 7) is 0. The average molecular weight is 147 g/mol. The Labute approximate surface area is 65.3 Å². The molecule has 2 rings (SSSR count). The first kappa shape index (κ1) is 6.53. The van der Waals surface area contributed by atoms with E-state index in [0.717, 1.165) is 6.29 Å². The maximum atomic E-state index is 10.4. The molecule has 1 aromatic rings. The molecule has 0 amide bonds. The molecular formula is C9H9NO. The van der Waals surface area contributed by atoms with Gasteiger partial charge >= 0.3 is 0 Å². The number of rotatable bonds is 2. The molecule has 1 aliphatic carbocycles. The number of nitrogens with zero attached hydrogens (tertiary/aromatic N) is 1. The number of hydrogen-bond acceptors (Lipinski definition) is 2. The van der Waals surface area contributed by atoms with Crippen LogP contribution in [0.15, 0.2) is 18.5 Å². The molecule has 0 bridgehead atoms. The molecule has 11 heavy (non-hydrogen) atoms. The van der Waals surface area contributed by atoms with Gasteiger partial charge in [0.1, 0.15) is 0 Å². The van der Waals surface area contributed by atoms with E-state index in [1.54, 1.807) is 6.20 Å². The normalized spacial score (nSPS) is 16.4. The first-order valence-electron chi connectivity index (χ1n) is 3.80. The molecule has 1 fully saturated rings. The van der Waals surface area contributed by atoms with Gasteiger partial charge < -0.3 is 0 Å². The van der Waals surface area contributed by atoms with Crippen molar-refractivity contribution in [1.82, 2.24) is 4.98 Å². The lowest BCUT2D eigenvalue weighted by Gasteiger charge is -1.95. The van der Waals surface area contributed by atoms with Crippen LogP contribution < -0.4 is 0 Å². The maximum absolute atomic E-state index is 10.4. The van der Waals surface area contributed by atoms with E-state index in [-0.39, 0.29) is 0 Å². The Morgan fingerprint density at radius 2 is 2.27 bits per heavy atom. The summed E-state index contributed by atoms with van der Waals surface area (Å²) in [5.74, 6) is 0.683. The third-order valence-corrected chi connectivity index (χ3v) is 1.97. The summed E-state index contributed by atoms with van der Waals surface area (Å²) < 4.78 is 0. The van der Waals surface area contributed by atoms with Gasteiger partial charge in [-0.25, -0.2) is 0 Å². The van der Waals surface area contributed by atoms with Crippen LogP contribution >= 0.6 is 0 Å². The first-order chi connectivity index (χ1) is 5.40. The van der Waals surface area contributed by atoms with Gasteiger partial charge in [0.05, 0.1) is 0 Å². The van der Waals surface area contributed by atoms with Crippen molar-refractivity contribution in [1.29, 1.82) is 0 Å². The van der Waals surface area contributed by atoms with Gasteiger partial charge in [-0.05, 0) is 30.4 Å². The molecule has 0 aliphatic heterocycles. The van der Waals surface area contributed by atoms with Crippen molar-refractivity contribution in [2.75, 3.05) is 0 Å². The zero-order valence-electron chi connectivity index (χ0n) is 6.16. The Hall–Kier alpha value is -1.18. The number of aldehydes is 1. The van der Waals surface area contributed by atoms with Crippen LogP contribution in [-0.4, -0.2) is 11.3 Å². The second kappa shape index (κ2) is 2.46. The number of carbonyl (C=O) groups is 1. The zero-order chi connectivity index (χ0) is 7.68. The predicted molar refractivity (Wildman–Crippen MR) is 41.6 cm³/mol. The average Bonchev–Trinajstić information content (AvgIpc) is 2.87. The molecule has 1 saturated carbocycles. The summed E-state index contributed by atoms with van der Waals surface area (Å²) in [4.78, 5) is 14.3. The summed E-state index contributed by atoms with van der Waals surface area (Å²) in [5.41, 5.74) is 1.91. The van der Waals surface area contributed by atoms with E-state index in [0.29, 0.717) is 11.5 Å². The van der Waals surface area contributed by atoms with E-state index >= 15 is 0 Å². The second-order valence-electron chi connectivity index (χ2n) is 2.94. The highest BCUT2D eigenvalue weighted by molar-refractivity contribution is 5.74. The third-order valence-electron chi connectivity index (χ3n) is 1.97. The van der Waals surface area contributed by atoms with Crippen LogP contribution in [0.25, 0.3) is 0 Å². The minimum absolute atomic E-state index is 0.683. The molecule has 2 nitrogen and oxygen atoms in total. The highest BCUT2D eigenvalue weighted by Gasteiger charge is 2.23. The minimum Gasteiger partial charge on any atom is -0.298 e. The smallest absolute Gasteiger partial charge is 0.151 e. The molecule has 0 unspecified atom stereocenters. The zero-order valence-corrected chi connectivity index (χ0v) is 6.16. The van der Waals surface area contributed by atoms with Gasteiger partial charge in [-0.1, -0.05) is 0 Å². The fraction of sp³-hybridized carbons (Fsp3) is 0.333. The van der Waals surface area contributed by atoms with Crippen molar-refractivity contribution in [2.24, 2.45) is 0 Å². The lowest BCUT2D eigenvalue weighted by molar-refractivity contribution is 0.112. The van der Waals surface area contributed by atoms with Crippen molar-refractivity contribution in [3.63, 3.8) is 0 Å². The standard InChI is InChI=1S/C9H9NO/c11-6-7-3-9(5-10-4-7)8-1-2-8/h3-6,8H,1-2H2. The Morgan fingerprint density at radius 3 is 2.91 bits per heavy atom. The van der Waals surface area contributed by atoms with Gasteiger partial charge in [0.2, 0.25) is 0 Å². The first-order valence-corrected chi connectivity index (χ1v) is 3.80. The maximum Gasteiger partial charge on any atom is 0.151 e. The Bertz CT molecular complexity index is 279. The number of pyridine rings is 1. The minimum atomic E-state index is 0.683. The fourth-order valence-electron chi connectivity index (χ4n) is 1.18. The van der Waals surface area contributed by atoms with Gasteiger partial charge in [0.15, 0.2) is 6.29 Å². The molecule has 0 spiro atoms. The lowest BCUT2D eigenvalue weighted by atomic mass is 10.1. The molecule has 0 saturated heterocycles. The molecule has 0 atom stereocenters. The van der Waals surface area contributed by atoms with Crippen LogP contribution in [0.2, 0.25) is 0 Å². The largest absolute Gasteiger partial charge is 0.298 e. The van der Waals surface area contributed by atoms with E-state index in [2.05, 4.69) is 4.98 Å². The highest BCUT2D eigenvalue weighted by Crippen LogP contribution is 2.39. The Kier molecular flexibility index (Phi) is 1.46. The molecule has 1 aliphatic rings. The van der Waals surface area contributed by atoms with Crippen LogP contribution in [0.3, 0.4) is 0 Å². The molecular weight excluding hydrogens is 138 g/mol. The van der Waals surface area contributed by atoms with E-state index < -0.39 is 0 Å². The molecule has 0 aromatic carbocycles. The van der Waals surface area contributed by atoms with Crippen LogP contribution in [0.5, 0.6) is 0 Å². The monoisotopic (exact) mass is 147 g/mol. The van der Waals surface area contributed by atoms with E-state index in [9.17, 15) is 4.79 Å². The van der Waals surface area contributed by atoms with Crippen LogP contribution in [0, 0.1) is 0 Å².